The molecule has 0 saturated carbocycles. The van der Waals surface area contributed by atoms with Crippen LogP contribution < -0.4 is 0 Å². The number of pyridine rings is 1. The predicted octanol–water partition coefficient (Wildman–Crippen LogP) is 2.68. The standard InChI is InChI=1S/C10H6N2S/c11-5-8-6-13-7-9(8)10-3-1-2-4-12-10/h1-4,6-7H. The first-order valence-electron chi connectivity index (χ1n) is 3.79. The first kappa shape index (κ1) is 7.96. The van der Waals surface area contributed by atoms with E-state index in [4.69, 9.17) is 5.26 Å². The maximum absolute atomic E-state index is 8.80. The highest BCUT2D eigenvalue weighted by atomic mass is 32.1. The lowest BCUT2D eigenvalue weighted by Crippen LogP contribution is -1.81. The molecule has 0 aliphatic carbocycles. The number of hydrogen-bond acceptors (Lipinski definition) is 3. The van der Waals surface area contributed by atoms with Crippen LogP contribution in [-0.4, -0.2) is 4.98 Å². The Balaban J connectivity index is 2.54. The van der Waals surface area contributed by atoms with E-state index in [1.165, 1.54) is 11.3 Å². The molecule has 2 nitrogen and oxygen atoms in total. The molecule has 2 aromatic rings. The number of nitrogens with zero attached hydrogens (tertiary/aromatic N) is 2. The van der Waals surface area contributed by atoms with Gasteiger partial charge in [-0.3, -0.25) is 4.98 Å². The summed E-state index contributed by atoms with van der Waals surface area (Å²) in [4.78, 5) is 4.19. The SMILES string of the molecule is N#Cc1cscc1-c1ccccn1. The summed E-state index contributed by atoms with van der Waals surface area (Å²) in [5, 5.41) is 12.6. The zero-order valence-corrected chi connectivity index (χ0v) is 7.58. The monoisotopic (exact) mass is 186 g/mol. The molecule has 0 spiro atoms. The Hall–Kier alpha value is -1.66. The first-order chi connectivity index (χ1) is 6.42. The van der Waals surface area contributed by atoms with Crippen LogP contribution in [0.2, 0.25) is 0 Å². The van der Waals surface area contributed by atoms with Gasteiger partial charge in [0.25, 0.3) is 0 Å². The van der Waals surface area contributed by atoms with Gasteiger partial charge in [0.1, 0.15) is 6.07 Å². The van der Waals surface area contributed by atoms with Gasteiger partial charge in [-0.1, -0.05) is 6.07 Å². The van der Waals surface area contributed by atoms with Crippen molar-refractivity contribution in [1.29, 1.82) is 5.26 Å². The third kappa shape index (κ3) is 1.44. The summed E-state index contributed by atoms with van der Waals surface area (Å²) in [6, 6.07) is 7.83. The maximum atomic E-state index is 8.80. The molecule has 0 atom stereocenters. The molecule has 2 rings (SSSR count). The number of hydrogen-bond donors (Lipinski definition) is 0. The van der Waals surface area contributed by atoms with E-state index in [9.17, 15) is 0 Å². The molecule has 2 heterocycles. The fourth-order valence-electron chi connectivity index (χ4n) is 1.10. The summed E-state index contributed by atoms with van der Waals surface area (Å²) in [6.45, 7) is 0. The van der Waals surface area contributed by atoms with Gasteiger partial charge in [-0.25, -0.2) is 0 Å². The van der Waals surface area contributed by atoms with E-state index < -0.39 is 0 Å². The van der Waals surface area contributed by atoms with Crippen molar-refractivity contribution in [3.63, 3.8) is 0 Å². The largest absolute Gasteiger partial charge is 0.256 e. The topological polar surface area (TPSA) is 36.7 Å². The lowest BCUT2D eigenvalue weighted by atomic mass is 10.1. The van der Waals surface area contributed by atoms with Gasteiger partial charge in [-0.2, -0.15) is 16.6 Å². The molecule has 0 unspecified atom stereocenters. The molecule has 3 heteroatoms. The molecular weight excluding hydrogens is 180 g/mol. The van der Waals surface area contributed by atoms with Crippen LogP contribution in [-0.2, 0) is 0 Å². The van der Waals surface area contributed by atoms with Crippen molar-refractivity contribution in [2.24, 2.45) is 0 Å². The molecule has 0 aliphatic heterocycles. The lowest BCUT2D eigenvalue weighted by molar-refractivity contribution is 1.33. The fraction of sp³-hybridized carbons (Fsp3) is 0. The van der Waals surface area contributed by atoms with Crippen LogP contribution in [0.3, 0.4) is 0 Å². The highest BCUT2D eigenvalue weighted by Crippen LogP contribution is 2.24. The van der Waals surface area contributed by atoms with Gasteiger partial charge in [0, 0.05) is 22.5 Å². The van der Waals surface area contributed by atoms with E-state index >= 15 is 0 Å². The maximum Gasteiger partial charge on any atom is 0.101 e. The Morgan fingerprint density at radius 1 is 1.31 bits per heavy atom. The van der Waals surface area contributed by atoms with Crippen LogP contribution in [0.15, 0.2) is 35.2 Å². The second kappa shape index (κ2) is 3.38. The molecule has 13 heavy (non-hydrogen) atoms. The van der Waals surface area contributed by atoms with E-state index in [1.54, 1.807) is 6.20 Å². The lowest BCUT2D eigenvalue weighted by Gasteiger charge is -1.95. The van der Waals surface area contributed by atoms with Crippen molar-refractivity contribution in [2.45, 2.75) is 0 Å². The fourth-order valence-corrected chi connectivity index (χ4v) is 1.87. The van der Waals surface area contributed by atoms with Crippen molar-refractivity contribution in [2.75, 3.05) is 0 Å². The van der Waals surface area contributed by atoms with Crippen LogP contribution in [0.1, 0.15) is 5.56 Å². The molecule has 0 fully saturated rings. The van der Waals surface area contributed by atoms with Crippen molar-refractivity contribution in [3.05, 3.63) is 40.7 Å². The van der Waals surface area contributed by atoms with Gasteiger partial charge in [0.15, 0.2) is 0 Å². The second-order valence-electron chi connectivity index (χ2n) is 2.53. The summed E-state index contributed by atoms with van der Waals surface area (Å²) in [6.07, 6.45) is 1.73. The van der Waals surface area contributed by atoms with Crippen LogP contribution in [0.5, 0.6) is 0 Å². The van der Waals surface area contributed by atoms with E-state index in [0.29, 0.717) is 5.56 Å². The zero-order chi connectivity index (χ0) is 9.10. The highest BCUT2D eigenvalue weighted by molar-refractivity contribution is 7.08. The normalized spacial score (nSPS) is 9.46. The average molecular weight is 186 g/mol. The van der Waals surface area contributed by atoms with Crippen LogP contribution in [0, 0.1) is 11.3 Å². The predicted molar refractivity (Wildman–Crippen MR) is 52.3 cm³/mol. The molecule has 0 amide bonds. The Labute approximate surface area is 80.1 Å². The minimum Gasteiger partial charge on any atom is -0.256 e. The Morgan fingerprint density at radius 3 is 2.92 bits per heavy atom. The molecule has 0 saturated heterocycles. The van der Waals surface area contributed by atoms with Crippen molar-refractivity contribution in [3.8, 4) is 17.3 Å². The quantitative estimate of drug-likeness (QED) is 0.686. The van der Waals surface area contributed by atoms with Gasteiger partial charge in [0.05, 0.1) is 11.3 Å². The number of thiophene rings is 1. The van der Waals surface area contributed by atoms with E-state index in [2.05, 4.69) is 11.1 Å². The number of aromatic nitrogens is 1. The molecule has 2 aromatic heterocycles. The molecule has 0 aliphatic rings. The third-order valence-electron chi connectivity index (χ3n) is 1.72. The van der Waals surface area contributed by atoms with Crippen molar-refractivity contribution >= 4 is 11.3 Å². The first-order valence-corrected chi connectivity index (χ1v) is 4.74. The van der Waals surface area contributed by atoms with Gasteiger partial charge >= 0.3 is 0 Å². The highest BCUT2D eigenvalue weighted by Gasteiger charge is 2.05. The Bertz CT molecular complexity index is 439. The number of nitriles is 1. The van der Waals surface area contributed by atoms with E-state index in [-0.39, 0.29) is 0 Å². The van der Waals surface area contributed by atoms with Crippen LogP contribution >= 0.6 is 11.3 Å². The number of rotatable bonds is 1. The molecule has 0 bridgehead atoms. The minimum absolute atomic E-state index is 0.698. The average Bonchev–Trinajstić information content (AvgIpc) is 2.67. The molecule has 0 radical (unpaired) electrons. The van der Waals surface area contributed by atoms with Gasteiger partial charge < -0.3 is 0 Å². The Kier molecular flexibility index (Phi) is 2.07. The van der Waals surface area contributed by atoms with Crippen molar-refractivity contribution < 1.29 is 0 Å². The summed E-state index contributed by atoms with van der Waals surface area (Å²) < 4.78 is 0. The molecule has 0 aromatic carbocycles. The van der Waals surface area contributed by atoms with Crippen molar-refractivity contribution in [1.82, 2.24) is 4.98 Å². The Morgan fingerprint density at radius 2 is 2.23 bits per heavy atom. The molecular formula is C10H6N2S. The zero-order valence-electron chi connectivity index (χ0n) is 6.77. The van der Waals surface area contributed by atoms with Crippen LogP contribution in [0.4, 0.5) is 0 Å². The van der Waals surface area contributed by atoms with Gasteiger partial charge in [-0.15, -0.1) is 0 Å². The summed E-state index contributed by atoms with van der Waals surface area (Å²) >= 11 is 1.52. The molecule has 62 valence electrons. The van der Waals surface area contributed by atoms with Gasteiger partial charge in [0.2, 0.25) is 0 Å². The smallest absolute Gasteiger partial charge is 0.101 e. The van der Waals surface area contributed by atoms with Gasteiger partial charge in [-0.05, 0) is 12.1 Å². The van der Waals surface area contributed by atoms with E-state index in [0.717, 1.165) is 11.3 Å². The molecule has 0 N–H and O–H groups in total. The summed E-state index contributed by atoms with van der Waals surface area (Å²) in [5.41, 5.74) is 2.48. The summed E-state index contributed by atoms with van der Waals surface area (Å²) in [7, 11) is 0. The van der Waals surface area contributed by atoms with E-state index in [1.807, 2.05) is 29.0 Å². The summed E-state index contributed by atoms with van der Waals surface area (Å²) in [5.74, 6) is 0. The van der Waals surface area contributed by atoms with Crippen LogP contribution in [0.25, 0.3) is 11.3 Å². The third-order valence-corrected chi connectivity index (χ3v) is 2.47. The minimum atomic E-state index is 0.698. The second-order valence-corrected chi connectivity index (χ2v) is 3.27.